The fraction of sp³-hybridized carbons (Fsp3) is 0.950. The van der Waals surface area contributed by atoms with Gasteiger partial charge in [0.25, 0.3) is 0 Å². The molecular weight excluding hydrogens is 272 g/mol. The highest BCUT2D eigenvalue weighted by molar-refractivity contribution is 5.85. The maximum absolute atomic E-state index is 13.0. The average molecular weight is 306 g/mol. The summed E-state index contributed by atoms with van der Waals surface area (Å²) in [6.45, 7) is 11.1. The van der Waals surface area contributed by atoms with Crippen LogP contribution in [0.1, 0.15) is 92.4 Å². The van der Waals surface area contributed by atoms with Gasteiger partial charge in [0.2, 0.25) is 0 Å². The molecule has 22 heavy (non-hydrogen) atoms. The van der Waals surface area contributed by atoms with Crippen LogP contribution in [0.25, 0.3) is 0 Å². The first-order chi connectivity index (χ1) is 9.99. The predicted molar refractivity (Wildman–Crippen MR) is 89.6 cm³/mol. The molecule has 126 valence electrons. The summed E-state index contributed by atoms with van der Waals surface area (Å²) in [4.78, 5) is 13.0. The summed E-state index contributed by atoms with van der Waals surface area (Å²) in [5.74, 6) is 0.440. The van der Waals surface area contributed by atoms with E-state index in [1.54, 1.807) is 0 Å². The highest BCUT2D eigenvalue weighted by Crippen LogP contribution is 2.71. The lowest BCUT2D eigenvalue weighted by atomic mass is 9.38. The van der Waals surface area contributed by atoms with Gasteiger partial charge in [0.1, 0.15) is 5.78 Å². The van der Waals surface area contributed by atoms with Crippen molar-refractivity contribution in [1.29, 1.82) is 0 Å². The highest BCUT2D eigenvalue weighted by atomic mass is 16.3. The summed E-state index contributed by atoms with van der Waals surface area (Å²) in [5, 5.41) is 11.1. The SMILES string of the molecule is CCC(C)(CC)C(=O)CC12CC3(C)CC(C)(CC(O)(C3)C1)C2. The Bertz CT molecular complexity index is 434. The molecule has 0 aromatic carbocycles. The number of rotatable bonds is 5. The highest BCUT2D eigenvalue weighted by Gasteiger charge is 2.65. The fourth-order valence-electron chi connectivity index (χ4n) is 7.26. The van der Waals surface area contributed by atoms with Crippen LogP contribution in [0.3, 0.4) is 0 Å². The largest absolute Gasteiger partial charge is 0.390 e. The van der Waals surface area contributed by atoms with Gasteiger partial charge in [-0.05, 0) is 67.6 Å². The molecule has 0 aromatic heterocycles. The van der Waals surface area contributed by atoms with Crippen molar-refractivity contribution in [2.45, 2.75) is 98.0 Å². The van der Waals surface area contributed by atoms with E-state index in [0.717, 1.165) is 44.9 Å². The molecular formula is C20H34O2. The minimum atomic E-state index is -0.507. The molecule has 2 nitrogen and oxygen atoms in total. The number of carbonyl (C=O) groups is 1. The Kier molecular flexibility index (Phi) is 3.44. The fourth-order valence-corrected chi connectivity index (χ4v) is 7.26. The molecule has 0 aromatic rings. The molecule has 4 aliphatic rings. The number of hydrogen-bond acceptors (Lipinski definition) is 2. The summed E-state index contributed by atoms with van der Waals surface area (Å²) < 4.78 is 0. The van der Waals surface area contributed by atoms with Crippen molar-refractivity contribution < 1.29 is 9.90 Å². The van der Waals surface area contributed by atoms with Crippen LogP contribution in [-0.2, 0) is 4.79 Å². The molecule has 4 saturated carbocycles. The zero-order chi connectivity index (χ0) is 16.4. The standard InChI is InChI=1S/C20H34O2/c1-6-18(5,7-2)15(21)8-19-10-16(3)9-17(4,11-19)13-20(22,12-16)14-19/h22H,6-14H2,1-5H3. The Hall–Kier alpha value is -0.370. The van der Waals surface area contributed by atoms with Crippen molar-refractivity contribution in [3.63, 3.8) is 0 Å². The van der Waals surface area contributed by atoms with Crippen molar-refractivity contribution in [2.24, 2.45) is 21.7 Å². The molecule has 0 saturated heterocycles. The van der Waals surface area contributed by atoms with E-state index in [4.69, 9.17) is 0 Å². The van der Waals surface area contributed by atoms with Gasteiger partial charge in [0.05, 0.1) is 5.60 Å². The zero-order valence-electron chi connectivity index (χ0n) is 15.2. The van der Waals surface area contributed by atoms with Crippen LogP contribution in [0.4, 0.5) is 0 Å². The van der Waals surface area contributed by atoms with Crippen molar-refractivity contribution >= 4 is 5.78 Å². The minimum absolute atomic E-state index is 0.0652. The molecule has 0 heterocycles. The molecule has 4 aliphatic carbocycles. The summed E-state index contributed by atoms with van der Waals surface area (Å²) in [5.41, 5.74) is -0.127. The van der Waals surface area contributed by atoms with E-state index in [9.17, 15) is 9.90 Å². The smallest absolute Gasteiger partial charge is 0.139 e. The number of carbonyl (C=O) groups excluding carboxylic acids is 1. The monoisotopic (exact) mass is 306 g/mol. The lowest BCUT2D eigenvalue weighted by Gasteiger charge is -2.68. The van der Waals surface area contributed by atoms with Crippen LogP contribution in [0, 0.1) is 21.7 Å². The Morgan fingerprint density at radius 3 is 1.86 bits per heavy atom. The maximum atomic E-state index is 13.0. The average Bonchev–Trinajstić information content (AvgIpc) is 2.31. The second-order valence-corrected chi connectivity index (χ2v) is 10.3. The van der Waals surface area contributed by atoms with E-state index in [1.807, 2.05) is 0 Å². The molecule has 2 unspecified atom stereocenters. The minimum Gasteiger partial charge on any atom is -0.390 e. The van der Waals surface area contributed by atoms with Gasteiger partial charge in [0, 0.05) is 11.8 Å². The molecule has 0 amide bonds. The number of ketones is 1. The topological polar surface area (TPSA) is 37.3 Å². The van der Waals surface area contributed by atoms with E-state index in [-0.39, 0.29) is 21.7 Å². The zero-order valence-corrected chi connectivity index (χ0v) is 15.2. The third kappa shape index (κ3) is 2.46. The van der Waals surface area contributed by atoms with Crippen LogP contribution >= 0.6 is 0 Å². The van der Waals surface area contributed by atoms with Gasteiger partial charge in [-0.1, -0.05) is 34.6 Å². The number of Topliss-reactive ketones (excluding diaryl/α,β-unsaturated/α-hetero) is 1. The van der Waals surface area contributed by atoms with E-state index >= 15 is 0 Å². The molecule has 0 spiro atoms. The normalized spacial score (nSPS) is 47.0. The van der Waals surface area contributed by atoms with Crippen molar-refractivity contribution in [2.75, 3.05) is 0 Å². The van der Waals surface area contributed by atoms with Gasteiger partial charge in [-0.3, -0.25) is 4.79 Å². The molecule has 1 N–H and O–H groups in total. The van der Waals surface area contributed by atoms with E-state index in [0.29, 0.717) is 12.2 Å². The summed E-state index contributed by atoms with van der Waals surface area (Å²) >= 11 is 0. The first-order valence-corrected chi connectivity index (χ1v) is 9.25. The maximum Gasteiger partial charge on any atom is 0.139 e. The number of aliphatic hydroxyl groups is 1. The molecule has 4 fully saturated rings. The van der Waals surface area contributed by atoms with E-state index in [1.165, 1.54) is 6.42 Å². The third-order valence-corrected chi connectivity index (χ3v) is 7.44. The molecule has 2 atom stereocenters. The van der Waals surface area contributed by atoms with Crippen LogP contribution in [0.2, 0.25) is 0 Å². The first kappa shape index (κ1) is 16.5. The van der Waals surface area contributed by atoms with Gasteiger partial charge >= 0.3 is 0 Å². The van der Waals surface area contributed by atoms with Gasteiger partial charge in [0.15, 0.2) is 0 Å². The van der Waals surface area contributed by atoms with Gasteiger partial charge in [-0.2, -0.15) is 0 Å². The predicted octanol–water partition coefficient (Wildman–Crippen LogP) is 4.88. The lowest BCUT2D eigenvalue weighted by molar-refractivity contribution is -0.226. The van der Waals surface area contributed by atoms with Gasteiger partial charge in [-0.25, -0.2) is 0 Å². The Labute approximate surface area is 136 Å². The van der Waals surface area contributed by atoms with Crippen LogP contribution in [0.15, 0.2) is 0 Å². The molecule has 4 rings (SSSR count). The van der Waals surface area contributed by atoms with Gasteiger partial charge in [-0.15, -0.1) is 0 Å². The molecule has 0 aliphatic heterocycles. The summed E-state index contributed by atoms with van der Waals surface area (Å²) in [6, 6.07) is 0. The quantitative estimate of drug-likeness (QED) is 0.785. The second-order valence-electron chi connectivity index (χ2n) is 10.3. The molecule has 4 bridgehead atoms. The Morgan fingerprint density at radius 2 is 1.45 bits per heavy atom. The Morgan fingerprint density at radius 1 is 0.955 bits per heavy atom. The molecule has 0 radical (unpaired) electrons. The molecule has 2 heteroatoms. The lowest BCUT2D eigenvalue weighted by Crippen LogP contribution is -2.63. The first-order valence-electron chi connectivity index (χ1n) is 9.25. The van der Waals surface area contributed by atoms with Crippen LogP contribution in [0.5, 0.6) is 0 Å². The van der Waals surface area contributed by atoms with Crippen molar-refractivity contribution in [1.82, 2.24) is 0 Å². The van der Waals surface area contributed by atoms with E-state index < -0.39 is 5.60 Å². The van der Waals surface area contributed by atoms with E-state index in [2.05, 4.69) is 34.6 Å². The van der Waals surface area contributed by atoms with Crippen molar-refractivity contribution in [3.8, 4) is 0 Å². The third-order valence-electron chi connectivity index (χ3n) is 7.44. The second kappa shape index (κ2) is 4.59. The summed E-state index contributed by atoms with van der Waals surface area (Å²) in [7, 11) is 0. The van der Waals surface area contributed by atoms with Crippen LogP contribution in [-0.4, -0.2) is 16.5 Å². The van der Waals surface area contributed by atoms with Gasteiger partial charge < -0.3 is 5.11 Å². The van der Waals surface area contributed by atoms with Crippen LogP contribution < -0.4 is 0 Å². The number of hydrogen-bond donors (Lipinski definition) is 1. The van der Waals surface area contributed by atoms with Crippen molar-refractivity contribution in [3.05, 3.63) is 0 Å². The summed E-state index contributed by atoms with van der Waals surface area (Å²) in [6.07, 6.45) is 8.83. The Balaban J connectivity index is 1.89.